The van der Waals surface area contributed by atoms with Gasteiger partial charge in [-0.3, -0.25) is 4.79 Å². The predicted octanol–water partition coefficient (Wildman–Crippen LogP) is 2.93. The first-order valence-electron chi connectivity index (χ1n) is 6.56. The zero-order valence-corrected chi connectivity index (χ0v) is 13.2. The molecule has 0 radical (unpaired) electrons. The van der Waals surface area contributed by atoms with Gasteiger partial charge in [0.05, 0.1) is 14.2 Å². The molecule has 0 saturated heterocycles. The number of rotatable bonds is 7. The van der Waals surface area contributed by atoms with Gasteiger partial charge in [-0.1, -0.05) is 13.8 Å². The first-order valence-corrected chi connectivity index (χ1v) is 7.09. The molecular formula is C15H22ClNO3. The molecule has 0 aliphatic rings. The van der Waals surface area contributed by atoms with E-state index in [1.54, 1.807) is 19.1 Å². The van der Waals surface area contributed by atoms with Gasteiger partial charge in [0.1, 0.15) is 17.4 Å². The summed E-state index contributed by atoms with van der Waals surface area (Å²) in [5, 5.41) is 0. The van der Waals surface area contributed by atoms with E-state index in [-0.39, 0.29) is 11.8 Å². The van der Waals surface area contributed by atoms with Crippen molar-refractivity contribution in [3.63, 3.8) is 0 Å². The van der Waals surface area contributed by atoms with Crippen molar-refractivity contribution in [2.45, 2.75) is 20.4 Å². The van der Waals surface area contributed by atoms with Crippen LogP contribution < -0.4 is 9.47 Å². The second-order valence-electron chi connectivity index (χ2n) is 4.98. The second kappa shape index (κ2) is 8.00. The number of carbonyl (C=O) groups is 1. The van der Waals surface area contributed by atoms with Crippen LogP contribution in [0.5, 0.6) is 11.5 Å². The SMILES string of the molecule is COc1ccc(OC)c(CN(CC(C)C)C(=O)CCl)c1. The Balaban J connectivity index is 2.99. The standard InChI is InChI=1S/C15H22ClNO3/c1-11(2)9-17(15(18)8-16)10-12-7-13(19-3)5-6-14(12)20-4/h5-7,11H,8-10H2,1-4H3. The van der Waals surface area contributed by atoms with Gasteiger partial charge >= 0.3 is 0 Å². The van der Waals surface area contributed by atoms with Crippen LogP contribution in [0.3, 0.4) is 0 Å². The average molecular weight is 300 g/mol. The van der Waals surface area contributed by atoms with E-state index in [4.69, 9.17) is 21.1 Å². The normalized spacial score (nSPS) is 10.5. The highest BCUT2D eigenvalue weighted by molar-refractivity contribution is 6.27. The number of amides is 1. The molecule has 1 aromatic carbocycles. The summed E-state index contributed by atoms with van der Waals surface area (Å²) in [5.41, 5.74) is 0.908. The van der Waals surface area contributed by atoms with Crippen LogP contribution in [0.25, 0.3) is 0 Å². The van der Waals surface area contributed by atoms with E-state index in [0.717, 1.165) is 17.1 Å². The minimum Gasteiger partial charge on any atom is -0.497 e. The Morgan fingerprint density at radius 1 is 1.30 bits per heavy atom. The molecule has 0 bridgehead atoms. The highest BCUT2D eigenvalue weighted by Crippen LogP contribution is 2.25. The number of benzene rings is 1. The van der Waals surface area contributed by atoms with Crippen molar-refractivity contribution in [2.24, 2.45) is 5.92 Å². The van der Waals surface area contributed by atoms with Crippen LogP contribution in [0, 0.1) is 5.92 Å². The number of methoxy groups -OCH3 is 2. The molecule has 20 heavy (non-hydrogen) atoms. The maximum atomic E-state index is 11.9. The summed E-state index contributed by atoms with van der Waals surface area (Å²) in [4.78, 5) is 13.7. The zero-order valence-electron chi connectivity index (χ0n) is 12.5. The molecule has 0 saturated carbocycles. The highest BCUT2D eigenvalue weighted by Gasteiger charge is 2.17. The van der Waals surface area contributed by atoms with Crippen LogP contribution in [0.15, 0.2) is 18.2 Å². The number of ether oxygens (including phenoxy) is 2. The summed E-state index contributed by atoms with van der Waals surface area (Å²) in [6, 6.07) is 5.55. The molecule has 0 atom stereocenters. The summed E-state index contributed by atoms with van der Waals surface area (Å²) >= 11 is 5.68. The predicted molar refractivity (Wildman–Crippen MR) is 80.5 cm³/mol. The molecule has 1 amide bonds. The fraction of sp³-hybridized carbons (Fsp3) is 0.533. The lowest BCUT2D eigenvalue weighted by atomic mass is 10.1. The van der Waals surface area contributed by atoms with Crippen LogP contribution in [0.4, 0.5) is 0 Å². The molecule has 0 aliphatic heterocycles. The second-order valence-corrected chi connectivity index (χ2v) is 5.25. The van der Waals surface area contributed by atoms with Crippen LogP contribution in [-0.2, 0) is 11.3 Å². The fourth-order valence-corrected chi connectivity index (χ4v) is 2.16. The van der Waals surface area contributed by atoms with Crippen molar-refractivity contribution in [1.82, 2.24) is 4.90 Å². The molecule has 0 unspecified atom stereocenters. The topological polar surface area (TPSA) is 38.8 Å². The van der Waals surface area contributed by atoms with Crippen LogP contribution in [0.1, 0.15) is 19.4 Å². The molecule has 0 spiro atoms. The van der Waals surface area contributed by atoms with Crippen LogP contribution in [0.2, 0.25) is 0 Å². The summed E-state index contributed by atoms with van der Waals surface area (Å²) in [5.74, 6) is 1.76. The number of nitrogens with zero attached hydrogens (tertiary/aromatic N) is 1. The summed E-state index contributed by atoms with van der Waals surface area (Å²) in [7, 11) is 3.23. The molecule has 0 N–H and O–H groups in total. The van der Waals surface area contributed by atoms with Crippen LogP contribution in [-0.4, -0.2) is 37.5 Å². The third-order valence-electron chi connectivity index (χ3n) is 2.90. The largest absolute Gasteiger partial charge is 0.497 e. The molecule has 112 valence electrons. The summed E-state index contributed by atoms with van der Waals surface area (Å²) in [6.07, 6.45) is 0. The minimum atomic E-state index is -0.0785. The lowest BCUT2D eigenvalue weighted by Gasteiger charge is -2.25. The van der Waals surface area contributed by atoms with Crippen molar-refractivity contribution >= 4 is 17.5 Å². The molecule has 0 fully saturated rings. The molecule has 4 nitrogen and oxygen atoms in total. The van der Waals surface area contributed by atoms with E-state index in [0.29, 0.717) is 19.0 Å². The monoisotopic (exact) mass is 299 g/mol. The quantitative estimate of drug-likeness (QED) is 0.727. The third kappa shape index (κ3) is 4.60. The fourth-order valence-electron chi connectivity index (χ4n) is 1.99. The lowest BCUT2D eigenvalue weighted by Crippen LogP contribution is -2.34. The number of alkyl halides is 1. The van der Waals surface area contributed by atoms with Gasteiger partial charge in [0.2, 0.25) is 5.91 Å². The third-order valence-corrected chi connectivity index (χ3v) is 3.13. The first-order chi connectivity index (χ1) is 9.51. The van der Waals surface area contributed by atoms with Gasteiger partial charge in [0.15, 0.2) is 0 Å². The minimum absolute atomic E-state index is 0.0149. The maximum Gasteiger partial charge on any atom is 0.237 e. The number of hydrogen-bond donors (Lipinski definition) is 0. The number of halogens is 1. The van der Waals surface area contributed by atoms with Crippen molar-refractivity contribution in [2.75, 3.05) is 26.6 Å². The highest BCUT2D eigenvalue weighted by atomic mass is 35.5. The Morgan fingerprint density at radius 3 is 2.50 bits per heavy atom. The maximum absolute atomic E-state index is 11.9. The summed E-state index contributed by atoms with van der Waals surface area (Å²) < 4.78 is 10.6. The van der Waals surface area contributed by atoms with Gasteiger partial charge in [-0.25, -0.2) is 0 Å². The van der Waals surface area contributed by atoms with Gasteiger partial charge in [-0.15, -0.1) is 11.6 Å². The number of hydrogen-bond acceptors (Lipinski definition) is 3. The van der Waals surface area contributed by atoms with Gasteiger partial charge < -0.3 is 14.4 Å². The molecule has 1 rings (SSSR count). The van der Waals surface area contributed by atoms with Crippen molar-refractivity contribution in [3.8, 4) is 11.5 Å². The molecular weight excluding hydrogens is 278 g/mol. The van der Waals surface area contributed by atoms with E-state index < -0.39 is 0 Å². The lowest BCUT2D eigenvalue weighted by molar-refractivity contribution is -0.129. The van der Waals surface area contributed by atoms with Gasteiger partial charge in [-0.05, 0) is 24.1 Å². The zero-order chi connectivity index (χ0) is 15.1. The Morgan fingerprint density at radius 2 is 2.00 bits per heavy atom. The smallest absolute Gasteiger partial charge is 0.237 e. The Labute approximate surface area is 125 Å². The van der Waals surface area contributed by atoms with Crippen LogP contribution >= 0.6 is 11.6 Å². The Kier molecular flexibility index (Phi) is 6.65. The average Bonchev–Trinajstić information content (AvgIpc) is 2.45. The van der Waals surface area contributed by atoms with Gasteiger partial charge in [-0.2, -0.15) is 0 Å². The van der Waals surface area contributed by atoms with Gasteiger partial charge in [0.25, 0.3) is 0 Å². The Hall–Kier alpha value is -1.42. The van der Waals surface area contributed by atoms with E-state index in [1.807, 2.05) is 18.2 Å². The molecule has 0 aromatic heterocycles. The van der Waals surface area contributed by atoms with Gasteiger partial charge in [0, 0.05) is 18.7 Å². The molecule has 5 heteroatoms. The number of carbonyl (C=O) groups excluding carboxylic acids is 1. The molecule has 1 aromatic rings. The van der Waals surface area contributed by atoms with E-state index in [1.165, 1.54) is 0 Å². The summed E-state index contributed by atoms with van der Waals surface area (Å²) in [6.45, 7) is 5.25. The van der Waals surface area contributed by atoms with E-state index in [2.05, 4.69) is 13.8 Å². The van der Waals surface area contributed by atoms with Crippen molar-refractivity contribution < 1.29 is 14.3 Å². The Bertz CT molecular complexity index is 449. The van der Waals surface area contributed by atoms with E-state index >= 15 is 0 Å². The molecule has 0 aliphatic carbocycles. The first kappa shape index (κ1) is 16.6. The van der Waals surface area contributed by atoms with Crippen molar-refractivity contribution in [3.05, 3.63) is 23.8 Å². The van der Waals surface area contributed by atoms with E-state index in [9.17, 15) is 4.79 Å². The molecule has 0 heterocycles. The van der Waals surface area contributed by atoms with Crippen molar-refractivity contribution in [1.29, 1.82) is 0 Å².